The van der Waals surface area contributed by atoms with Crippen LogP contribution in [-0.2, 0) is 6.42 Å². The van der Waals surface area contributed by atoms with Crippen LogP contribution in [-0.4, -0.2) is 12.0 Å². The highest BCUT2D eigenvalue weighted by molar-refractivity contribution is 6.24. The number of benzene rings is 4. The van der Waals surface area contributed by atoms with E-state index in [-0.39, 0.29) is 5.78 Å². The van der Waals surface area contributed by atoms with Crippen molar-refractivity contribution in [3.8, 4) is 0 Å². The molecule has 4 aromatic carbocycles. The molecule has 1 fully saturated rings. The van der Waals surface area contributed by atoms with E-state index in [0.717, 1.165) is 47.6 Å². The molecule has 1 atom stereocenters. The number of nitrogens with one attached hydrogen (secondary N) is 1. The summed E-state index contributed by atoms with van der Waals surface area (Å²) >= 11 is 0. The predicted octanol–water partition coefficient (Wildman–Crippen LogP) is 7.39. The maximum absolute atomic E-state index is 13.6. The topological polar surface area (TPSA) is 67.5 Å². The van der Waals surface area contributed by atoms with E-state index in [0.29, 0.717) is 11.6 Å². The number of rotatable bonds is 3. The van der Waals surface area contributed by atoms with Crippen molar-refractivity contribution in [1.29, 1.82) is 0 Å². The number of carbonyl (C=O) groups excluding carboxylic acids is 1. The van der Waals surface area contributed by atoms with Crippen molar-refractivity contribution in [2.75, 3.05) is 11.1 Å². The molecule has 0 bridgehead atoms. The summed E-state index contributed by atoms with van der Waals surface area (Å²) in [5.74, 6) is 1.48. The smallest absolute Gasteiger partial charge is 0.189 e. The van der Waals surface area contributed by atoms with Gasteiger partial charge in [-0.05, 0) is 106 Å². The summed E-state index contributed by atoms with van der Waals surface area (Å²) in [6, 6.07) is 28.7. The van der Waals surface area contributed by atoms with E-state index in [1.165, 1.54) is 64.1 Å². The zero-order chi connectivity index (χ0) is 29.9. The standard InChI is InChI=1S/C31H31NO.C9H8N2/c32-23-13-10-22(11-14-23)31(33)29-19-16-25(20-6-2-1-3-7-20)30-27-15-12-21-8-4-5-9-24(21)26(27)17-18-28(29)30;1-2-4-9-8(3-1)7-10-5-6-11-9/h4-5,8-14,17-18,20,25H,1-3,6-7,15-16,19,32H2;1-7,11H. The number of nitrogens with two attached hydrogens (primary N) is 1. The lowest BCUT2D eigenvalue weighted by Gasteiger charge is -2.35. The number of ketones is 1. The number of hydrogen-bond acceptors (Lipinski definition) is 4. The minimum absolute atomic E-state index is 0.165. The van der Waals surface area contributed by atoms with Crippen LogP contribution >= 0.6 is 0 Å². The van der Waals surface area contributed by atoms with Gasteiger partial charge in [0.05, 0.1) is 0 Å². The number of fused-ring (bicyclic) bond motifs is 5. The fourth-order valence-electron chi connectivity index (χ4n) is 7.62. The van der Waals surface area contributed by atoms with Gasteiger partial charge in [-0.25, -0.2) is 0 Å². The average molecular weight is 578 g/mol. The Labute approximate surface area is 259 Å². The lowest BCUT2D eigenvalue weighted by Crippen LogP contribution is -2.32. The van der Waals surface area contributed by atoms with E-state index in [1.807, 2.05) is 60.9 Å². The Hall–Kier alpha value is -4.70. The Balaban J connectivity index is 0.000000239. The Kier molecular flexibility index (Phi) is 7.98. The van der Waals surface area contributed by atoms with Crippen LogP contribution in [0.1, 0.15) is 77.9 Å². The zero-order valence-electron chi connectivity index (χ0n) is 25.1. The second-order valence-corrected chi connectivity index (χ2v) is 12.3. The minimum Gasteiger partial charge on any atom is -0.399 e. The molecular formula is C40H39N3O. The highest BCUT2D eigenvalue weighted by Gasteiger charge is 2.32. The first-order valence-electron chi connectivity index (χ1n) is 16.1. The number of nitrogen functional groups attached to an aromatic ring is 1. The molecule has 0 aromatic heterocycles. The lowest BCUT2D eigenvalue weighted by molar-refractivity contribution is 0.105. The molecule has 8 rings (SSSR count). The lowest BCUT2D eigenvalue weighted by atomic mass is 9.69. The fourth-order valence-corrected chi connectivity index (χ4v) is 7.62. The zero-order valence-corrected chi connectivity index (χ0v) is 25.1. The molecule has 4 aromatic rings. The first-order chi connectivity index (χ1) is 21.7. The van der Waals surface area contributed by atoms with Gasteiger partial charge in [0.15, 0.2) is 5.78 Å². The normalized spacial score (nSPS) is 18.2. The van der Waals surface area contributed by atoms with Gasteiger partial charge in [-0.2, -0.15) is 0 Å². The van der Waals surface area contributed by atoms with Crippen molar-refractivity contribution in [3.05, 3.63) is 140 Å². The number of Topliss-reactive ketones (excluding diaryl/α,β-unsaturated/α-hetero) is 1. The van der Waals surface area contributed by atoms with Crippen LogP contribution in [0.2, 0.25) is 0 Å². The van der Waals surface area contributed by atoms with Crippen LogP contribution in [0.5, 0.6) is 0 Å². The molecule has 1 heterocycles. The van der Waals surface area contributed by atoms with Crippen LogP contribution in [0.25, 0.3) is 11.6 Å². The van der Waals surface area contributed by atoms with Gasteiger partial charge in [0, 0.05) is 46.7 Å². The Morgan fingerprint density at radius 1 is 0.795 bits per heavy atom. The highest BCUT2D eigenvalue weighted by Crippen LogP contribution is 2.42. The number of carbonyl (C=O) groups is 1. The molecule has 0 saturated heterocycles. The van der Waals surface area contributed by atoms with Crippen LogP contribution in [0.15, 0.2) is 102 Å². The molecule has 1 aliphatic heterocycles. The number of nitrogens with zero attached hydrogens (tertiary/aromatic N) is 1. The molecule has 1 unspecified atom stereocenters. The summed E-state index contributed by atoms with van der Waals surface area (Å²) < 4.78 is 0. The van der Waals surface area contributed by atoms with Gasteiger partial charge >= 0.3 is 0 Å². The molecule has 4 heteroatoms. The van der Waals surface area contributed by atoms with Gasteiger partial charge in [0.25, 0.3) is 0 Å². The first kappa shape index (κ1) is 28.1. The van der Waals surface area contributed by atoms with Gasteiger partial charge < -0.3 is 11.1 Å². The van der Waals surface area contributed by atoms with Crippen molar-refractivity contribution in [2.24, 2.45) is 10.9 Å². The Morgan fingerprint density at radius 3 is 2.43 bits per heavy atom. The average Bonchev–Trinajstić information content (AvgIpc) is 3.34. The Bertz CT molecular complexity index is 1980. The number of anilines is 2. The van der Waals surface area contributed by atoms with E-state index in [9.17, 15) is 4.79 Å². The third-order valence-electron chi connectivity index (χ3n) is 9.78. The molecule has 0 spiro atoms. The minimum atomic E-state index is 0.165. The monoisotopic (exact) mass is 577 g/mol. The molecule has 0 radical (unpaired) electrons. The van der Waals surface area contributed by atoms with Gasteiger partial charge in [-0.15, -0.1) is 0 Å². The van der Waals surface area contributed by atoms with Gasteiger partial charge in [0.2, 0.25) is 0 Å². The number of hydrogen-bond donors (Lipinski definition) is 2. The maximum atomic E-state index is 13.6. The van der Waals surface area contributed by atoms with Gasteiger partial charge in [0.1, 0.15) is 0 Å². The van der Waals surface area contributed by atoms with Crippen LogP contribution in [0.4, 0.5) is 11.4 Å². The summed E-state index contributed by atoms with van der Waals surface area (Å²) in [6.45, 7) is 0. The molecule has 3 N–H and O–H groups in total. The van der Waals surface area contributed by atoms with Crippen molar-refractivity contribution in [3.63, 3.8) is 0 Å². The summed E-state index contributed by atoms with van der Waals surface area (Å²) in [5.41, 5.74) is 13.5. The molecule has 44 heavy (non-hydrogen) atoms. The molecule has 4 aliphatic rings. The predicted molar refractivity (Wildman–Crippen MR) is 182 cm³/mol. The second-order valence-electron chi connectivity index (χ2n) is 12.3. The van der Waals surface area contributed by atoms with Crippen molar-refractivity contribution >= 4 is 35.0 Å². The molecular weight excluding hydrogens is 538 g/mol. The van der Waals surface area contributed by atoms with Gasteiger partial charge in [-0.1, -0.05) is 79.9 Å². The highest BCUT2D eigenvalue weighted by atomic mass is 16.1. The summed E-state index contributed by atoms with van der Waals surface area (Å²) in [4.78, 5) is 17.7. The van der Waals surface area contributed by atoms with E-state index in [4.69, 9.17) is 5.73 Å². The summed E-state index contributed by atoms with van der Waals surface area (Å²) in [7, 11) is 0. The van der Waals surface area contributed by atoms with Crippen molar-refractivity contribution in [2.45, 2.75) is 57.3 Å². The number of para-hydroxylation sites is 1. The Morgan fingerprint density at radius 2 is 1.57 bits per heavy atom. The fraction of sp³-hybridized carbons (Fsp3) is 0.250. The van der Waals surface area contributed by atoms with Crippen LogP contribution < -0.4 is 21.5 Å². The second kappa shape index (κ2) is 12.5. The van der Waals surface area contributed by atoms with E-state index in [1.54, 1.807) is 6.20 Å². The SMILES string of the molecule is C1=CNc2ccccc2C=N1.Nc1ccc(C(=O)C2=c3ccc4c(c3C(C3CCCCC3)CC2)CC=c2ccccc2=4)cc1. The third-order valence-corrected chi connectivity index (χ3v) is 9.78. The van der Waals surface area contributed by atoms with Crippen LogP contribution in [0.3, 0.4) is 0 Å². The largest absolute Gasteiger partial charge is 0.399 e. The summed E-state index contributed by atoms with van der Waals surface area (Å²) in [6.07, 6.45) is 17.4. The molecule has 1 saturated carbocycles. The maximum Gasteiger partial charge on any atom is 0.189 e. The number of aliphatic imine (C=N–C) groups is 1. The van der Waals surface area contributed by atoms with Crippen molar-refractivity contribution in [1.82, 2.24) is 0 Å². The molecule has 0 amide bonds. The quantitative estimate of drug-likeness (QED) is 0.197. The van der Waals surface area contributed by atoms with E-state index < -0.39 is 0 Å². The van der Waals surface area contributed by atoms with E-state index >= 15 is 0 Å². The summed E-state index contributed by atoms with van der Waals surface area (Å²) in [5, 5.41) is 8.37. The molecule has 220 valence electrons. The van der Waals surface area contributed by atoms with Crippen molar-refractivity contribution < 1.29 is 4.79 Å². The van der Waals surface area contributed by atoms with Crippen LogP contribution in [0, 0.1) is 16.4 Å². The first-order valence-corrected chi connectivity index (χ1v) is 16.1. The third kappa shape index (κ3) is 5.53. The molecule has 3 aliphatic carbocycles. The molecule has 4 nitrogen and oxygen atoms in total. The van der Waals surface area contributed by atoms with Gasteiger partial charge in [-0.3, -0.25) is 9.79 Å². The van der Waals surface area contributed by atoms with E-state index in [2.05, 4.69) is 52.8 Å².